The van der Waals surface area contributed by atoms with E-state index in [0.29, 0.717) is 11.3 Å². The van der Waals surface area contributed by atoms with Crippen LogP contribution >= 0.6 is 0 Å². The smallest absolute Gasteiger partial charge is 0.307 e. The number of rotatable bonds is 8. The first-order valence-electron chi connectivity index (χ1n) is 8.81. The van der Waals surface area contributed by atoms with Gasteiger partial charge >= 0.3 is 5.97 Å². The first-order valence-corrected chi connectivity index (χ1v) is 10.3. The van der Waals surface area contributed by atoms with Gasteiger partial charge in [0.15, 0.2) is 6.10 Å². The molecule has 2 aromatic rings. The summed E-state index contributed by atoms with van der Waals surface area (Å²) in [7, 11) is -3.73. The number of ether oxygens (including phenoxy) is 1. The van der Waals surface area contributed by atoms with Gasteiger partial charge in [0, 0.05) is 12.2 Å². The molecule has 0 aliphatic heterocycles. The zero-order chi connectivity index (χ0) is 20.7. The Kier molecular flexibility index (Phi) is 7.31. The molecule has 0 heterocycles. The van der Waals surface area contributed by atoms with Crippen molar-refractivity contribution in [3.8, 4) is 0 Å². The van der Waals surface area contributed by atoms with Crippen molar-refractivity contribution in [1.82, 2.24) is 4.72 Å². The lowest BCUT2D eigenvalue weighted by atomic mass is 10.2. The van der Waals surface area contributed by atoms with Gasteiger partial charge in [-0.1, -0.05) is 35.9 Å². The Hall–Kier alpha value is -2.71. The summed E-state index contributed by atoms with van der Waals surface area (Å²) in [6, 6.07) is 13.8. The third kappa shape index (κ3) is 6.17. The van der Waals surface area contributed by atoms with E-state index in [2.05, 4.69) is 10.0 Å². The number of aryl methyl sites for hydroxylation is 2. The predicted octanol–water partition coefficient (Wildman–Crippen LogP) is 2.54. The fourth-order valence-electron chi connectivity index (χ4n) is 2.54. The molecule has 0 saturated carbocycles. The Balaban J connectivity index is 1.82. The molecule has 1 amide bonds. The van der Waals surface area contributed by atoms with Gasteiger partial charge in [-0.25, -0.2) is 13.1 Å². The zero-order valence-corrected chi connectivity index (χ0v) is 16.9. The molecular weight excluding hydrogens is 380 g/mol. The minimum atomic E-state index is -3.73. The molecule has 0 saturated heterocycles. The van der Waals surface area contributed by atoms with Gasteiger partial charge in [-0.3, -0.25) is 9.59 Å². The molecule has 7 nitrogen and oxygen atoms in total. The molecule has 0 radical (unpaired) electrons. The molecule has 2 rings (SSSR count). The minimum Gasteiger partial charge on any atom is -0.452 e. The number of carbonyl (C=O) groups is 2. The third-order valence-electron chi connectivity index (χ3n) is 3.96. The summed E-state index contributed by atoms with van der Waals surface area (Å²) in [5.41, 5.74) is 2.18. The highest BCUT2D eigenvalue weighted by atomic mass is 32.2. The van der Waals surface area contributed by atoms with Crippen molar-refractivity contribution in [2.45, 2.75) is 38.2 Å². The second-order valence-electron chi connectivity index (χ2n) is 6.40. The van der Waals surface area contributed by atoms with Crippen molar-refractivity contribution in [2.24, 2.45) is 0 Å². The lowest BCUT2D eigenvalue weighted by Gasteiger charge is -2.14. The van der Waals surface area contributed by atoms with E-state index in [1.54, 1.807) is 43.3 Å². The number of esters is 1. The second-order valence-corrected chi connectivity index (χ2v) is 8.14. The van der Waals surface area contributed by atoms with E-state index in [4.69, 9.17) is 4.74 Å². The van der Waals surface area contributed by atoms with Crippen molar-refractivity contribution in [2.75, 3.05) is 11.9 Å². The van der Waals surface area contributed by atoms with Crippen LogP contribution in [0.2, 0.25) is 0 Å². The van der Waals surface area contributed by atoms with E-state index in [1.165, 1.54) is 13.0 Å². The number of nitrogens with one attached hydrogen (secondary N) is 2. The Morgan fingerprint density at radius 2 is 1.75 bits per heavy atom. The summed E-state index contributed by atoms with van der Waals surface area (Å²) in [6.45, 7) is 4.92. The van der Waals surface area contributed by atoms with Crippen LogP contribution in [0.3, 0.4) is 0 Å². The topological polar surface area (TPSA) is 102 Å². The first kappa shape index (κ1) is 21.6. The predicted molar refractivity (Wildman–Crippen MR) is 106 cm³/mol. The maximum atomic E-state index is 12.4. The highest BCUT2D eigenvalue weighted by Gasteiger charge is 2.20. The number of benzene rings is 2. The number of hydrogen-bond acceptors (Lipinski definition) is 5. The minimum absolute atomic E-state index is 0.124. The highest BCUT2D eigenvalue weighted by molar-refractivity contribution is 7.89. The van der Waals surface area contributed by atoms with Gasteiger partial charge in [-0.2, -0.15) is 0 Å². The van der Waals surface area contributed by atoms with Crippen LogP contribution in [-0.4, -0.2) is 32.9 Å². The highest BCUT2D eigenvalue weighted by Crippen LogP contribution is 2.16. The molecule has 0 aromatic heterocycles. The van der Waals surface area contributed by atoms with Gasteiger partial charge < -0.3 is 10.1 Å². The largest absolute Gasteiger partial charge is 0.452 e. The van der Waals surface area contributed by atoms with Gasteiger partial charge in [0.25, 0.3) is 5.91 Å². The molecule has 0 spiro atoms. The summed E-state index contributed by atoms with van der Waals surface area (Å²) in [4.78, 5) is 24.1. The van der Waals surface area contributed by atoms with E-state index < -0.39 is 28.0 Å². The average Bonchev–Trinajstić information content (AvgIpc) is 2.61. The quantitative estimate of drug-likeness (QED) is 0.659. The average molecular weight is 404 g/mol. The molecule has 0 unspecified atom stereocenters. The van der Waals surface area contributed by atoms with Gasteiger partial charge in [0.2, 0.25) is 10.0 Å². The van der Waals surface area contributed by atoms with E-state index in [-0.39, 0.29) is 17.9 Å². The van der Waals surface area contributed by atoms with Crippen molar-refractivity contribution >= 4 is 27.6 Å². The molecule has 0 fully saturated rings. The lowest BCUT2D eigenvalue weighted by Crippen LogP contribution is -2.32. The maximum absolute atomic E-state index is 12.4. The first-order chi connectivity index (χ1) is 13.2. The van der Waals surface area contributed by atoms with Crippen LogP contribution < -0.4 is 10.0 Å². The van der Waals surface area contributed by atoms with E-state index in [9.17, 15) is 18.0 Å². The SMILES string of the molecule is Cc1ccc(S(=O)(=O)NCCC(=O)O[C@H](C)C(=O)Nc2ccccc2)c(C)c1. The van der Waals surface area contributed by atoms with E-state index in [1.807, 2.05) is 13.0 Å². The van der Waals surface area contributed by atoms with Crippen LogP contribution in [0.15, 0.2) is 53.4 Å². The normalized spacial score (nSPS) is 12.2. The van der Waals surface area contributed by atoms with Crippen molar-refractivity contribution < 1.29 is 22.7 Å². The standard InChI is InChI=1S/C20H24N2O5S/c1-14-9-10-18(15(2)13-14)28(25,26)21-12-11-19(23)27-16(3)20(24)22-17-7-5-4-6-8-17/h4-10,13,16,21H,11-12H2,1-3H3,(H,22,24)/t16-/m1/s1. The van der Waals surface area contributed by atoms with Crippen LogP contribution in [0.1, 0.15) is 24.5 Å². The number of carbonyl (C=O) groups excluding carboxylic acids is 2. The Labute approximate surface area is 165 Å². The van der Waals surface area contributed by atoms with Crippen LogP contribution in [0.5, 0.6) is 0 Å². The van der Waals surface area contributed by atoms with Gasteiger partial charge in [-0.05, 0) is 44.5 Å². The summed E-state index contributed by atoms with van der Waals surface area (Å²) >= 11 is 0. The summed E-state index contributed by atoms with van der Waals surface area (Å²) in [5, 5.41) is 2.63. The van der Waals surface area contributed by atoms with Crippen LogP contribution in [0.4, 0.5) is 5.69 Å². The summed E-state index contributed by atoms with van der Waals surface area (Å²) < 4.78 is 32.1. The fourth-order valence-corrected chi connectivity index (χ4v) is 3.80. The molecule has 0 bridgehead atoms. The Morgan fingerprint density at radius 3 is 2.39 bits per heavy atom. The molecule has 0 aliphatic carbocycles. The molecule has 1 atom stereocenters. The number of sulfonamides is 1. The Morgan fingerprint density at radius 1 is 1.07 bits per heavy atom. The van der Waals surface area contributed by atoms with Crippen LogP contribution in [0, 0.1) is 13.8 Å². The molecule has 8 heteroatoms. The third-order valence-corrected chi connectivity index (χ3v) is 5.58. The monoisotopic (exact) mass is 404 g/mol. The van der Waals surface area contributed by atoms with Crippen molar-refractivity contribution in [3.05, 3.63) is 59.7 Å². The molecule has 2 N–H and O–H groups in total. The molecule has 150 valence electrons. The zero-order valence-electron chi connectivity index (χ0n) is 16.1. The van der Waals surface area contributed by atoms with E-state index in [0.717, 1.165) is 5.56 Å². The fraction of sp³-hybridized carbons (Fsp3) is 0.300. The van der Waals surface area contributed by atoms with Crippen molar-refractivity contribution in [1.29, 1.82) is 0 Å². The maximum Gasteiger partial charge on any atom is 0.307 e. The molecule has 28 heavy (non-hydrogen) atoms. The Bertz CT molecular complexity index is 942. The lowest BCUT2D eigenvalue weighted by molar-refractivity contribution is -0.152. The number of anilines is 1. The molecular formula is C20H24N2O5S. The molecule has 0 aliphatic rings. The summed E-state index contributed by atoms with van der Waals surface area (Å²) in [5.74, 6) is -1.13. The van der Waals surface area contributed by atoms with E-state index >= 15 is 0 Å². The second kappa shape index (κ2) is 9.48. The number of hydrogen-bond donors (Lipinski definition) is 2. The number of amides is 1. The van der Waals surface area contributed by atoms with Crippen molar-refractivity contribution in [3.63, 3.8) is 0 Å². The number of para-hydroxylation sites is 1. The van der Waals surface area contributed by atoms with Gasteiger partial charge in [0.05, 0.1) is 11.3 Å². The van der Waals surface area contributed by atoms with Crippen LogP contribution in [0.25, 0.3) is 0 Å². The molecule has 2 aromatic carbocycles. The summed E-state index contributed by atoms with van der Waals surface area (Å²) in [6.07, 6.45) is -1.18. The van der Waals surface area contributed by atoms with Gasteiger partial charge in [-0.15, -0.1) is 0 Å². The van der Waals surface area contributed by atoms with Gasteiger partial charge in [0.1, 0.15) is 0 Å². The van der Waals surface area contributed by atoms with Crippen LogP contribution in [-0.2, 0) is 24.3 Å².